The summed E-state index contributed by atoms with van der Waals surface area (Å²) in [5, 5.41) is 0.143. The average Bonchev–Trinajstić information content (AvgIpc) is 2.72. The van der Waals surface area contributed by atoms with Gasteiger partial charge in [-0.25, -0.2) is 18.6 Å². The summed E-state index contributed by atoms with van der Waals surface area (Å²) in [5.41, 5.74) is 0.921. The van der Waals surface area contributed by atoms with Crippen LogP contribution in [0.25, 0.3) is 10.9 Å². The molecule has 134 valence electrons. The van der Waals surface area contributed by atoms with E-state index in [1.165, 1.54) is 0 Å². The molecule has 7 heteroatoms. The Morgan fingerprint density at radius 1 is 1.20 bits per heavy atom. The summed E-state index contributed by atoms with van der Waals surface area (Å²) in [6.45, 7) is 6.30. The van der Waals surface area contributed by atoms with Crippen LogP contribution in [0.1, 0.15) is 32.0 Å². The van der Waals surface area contributed by atoms with Crippen molar-refractivity contribution in [2.75, 3.05) is 13.1 Å². The minimum absolute atomic E-state index is 0.0105. The van der Waals surface area contributed by atoms with Gasteiger partial charge in [-0.05, 0) is 60.8 Å². The van der Waals surface area contributed by atoms with Crippen molar-refractivity contribution in [3.63, 3.8) is 0 Å². The van der Waals surface area contributed by atoms with Gasteiger partial charge in [0.2, 0.25) is 0 Å². The van der Waals surface area contributed by atoms with E-state index in [4.69, 9.17) is 4.74 Å². The van der Waals surface area contributed by atoms with Crippen molar-refractivity contribution in [2.45, 2.75) is 39.2 Å². The van der Waals surface area contributed by atoms with Crippen LogP contribution in [0.5, 0.6) is 0 Å². The SMILES string of the molecule is CC(C)(C)OC(=O)N1CCc2nc3c(F)ccc(F)c3c(Br)c2CC1. The summed E-state index contributed by atoms with van der Waals surface area (Å²) in [6, 6.07) is 2.17. The average molecular weight is 413 g/mol. The highest BCUT2D eigenvalue weighted by Crippen LogP contribution is 2.33. The minimum atomic E-state index is -0.573. The first-order valence-corrected chi connectivity index (χ1v) is 8.89. The highest BCUT2D eigenvalue weighted by atomic mass is 79.9. The number of benzene rings is 1. The maximum Gasteiger partial charge on any atom is 0.410 e. The number of hydrogen-bond donors (Lipinski definition) is 0. The van der Waals surface area contributed by atoms with Crippen molar-refractivity contribution >= 4 is 32.9 Å². The molecule has 0 saturated carbocycles. The number of amides is 1. The van der Waals surface area contributed by atoms with E-state index >= 15 is 0 Å². The molecule has 0 N–H and O–H groups in total. The van der Waals surface area contributed by atoms with Crippen LogP contribution < -0.4 is 0 Å². The van der Waals surface area contributed by atoms with Gasteiger partial charge in [-0.2, -0.15) is 0 Å². The van der Waals surface area contributed by atoms with Crippen molar-refractivity contribution in [3.05, 3.63) is 39.5 Å². The van der Waals surface area contributed by atoms with Gasteiger partial charge in [0.25, 0.3) is 0 Å². The van der Waals surface area contributed by atoms with Crippen LogP contribution in [0.3, 0.4) is 0 Å². The number of fused-ring (bicyclic) bond motifs is 2. The Labute approximate surface area is 153 Å². The normalized spacial score (nSPS) is 15.0. The van der Waals surface area contributed by atoms with Crippen molar-refractivity contribution in [2.24, 2.45) is 0 Å². The molecule has 0 fully saturated rings. The topological polar surface area (TPSA) is 42.4 Å². The van der Waals surface area contributed by atoms with Crippen molar-refractivity contribution < 1.29 is 18.3 Å². The Morgan fingerprint density at radius 3 is 2.52 bits per heavy atom. The lowest BCUT2D eigenvalue weighted by molar-refractivity contribution is 0.0258. The number of ether oxygens (including phenoxy) is 1. The highest BCUT2D eigenvalue weighted by molar-refractivity contribution is 9.10. The Morgan fingerprint density at radius 2 is 1.84 bits per heavy atom. The van der Waals surface area contributed by atoms with E-state index in [2.05, 4.69) is 20.9 Å². The Kier molecular flexibility index (Phi) is 4.70. The predicted octanol–water partition coefficient (Wildman–Crippen LogP) is 4.61. The van der Waals surface area contributed by atoms with E-state index in [1.54, 1.807) is 4.90 Å². The lowest BCUT2D eigenvalue weighted by Crippen LogP contribution is -2.38. The van der Waals surface area contributed by atoms with Gasteiger partial charge < -0.3 is 9.64 Å². The van der Waals surface area contributed by atoms with Crippen LogP contribution in [0, 0.1) is 11.6 Å². The molecule has 0 radical (unpaired) electrons. The fourth-order valence-electron chi connectivity index (χ4n) is 2.91. The Hall–Kier alpha value is -1.76. The molecule has 2 heterocycles. The van der Waals surface area contributed by atoms with Gasteiger partial charge >= 0.3 is 6.09 Å². The molecule has 1 aliphatic heterocycles. The standard InChI is InChI=1S/C18H19BrF2N2O2/c1-18(2,3)25-17(24)23-8-6-10-13(7-9-23)22-16-12(21)5-4-11(20)14(16)15(10)19/h4-5H,6-9H2,1-3H3. The van der Waals surface area contributed by atoms with Crippen LogP contribution in [-0.4, -0.2) is 34.7 Å². The minimum Gasteiger partial charge on any atom is -0.444 e. The molecule has 0 aliphatic carbocycles. The maximum atomic E-state index is 14.2. The molecule has 4 nitrogen and oxygen atoms in total. The van der Waals surface area contributed by atoms with E-state index in [0.29, 0.717) is 36.1 Å². The van der Waals surface area contributed by atoms with E-state index < -0.39 is 23.3 Å². The second-order valence-electron chi connectivity index (χ2n) is 7.07. The number of carbonyl (C=O) groups excluding carboxylic acids is 1. The number of aromatic nitrogens is 1. The summed E-state index contributed by atoms with van der Waals surface area (Å²) in [4.78, 5) is 18.2. The van der Waals surface area contributed by atoms with E-state index in [0.717, 1.165) is 17.7 Å². The van der Waals surface area contributed by atoms with Crippen molar-refractivity contribution in [1.82, 2.24) is 9.88 Å². The highest BCUT2D eigenvalue weighted by Gasteiger charge is 2.27. The quantitative estimate of drug-likeness (QED) is 0.634. The lowest BCUT2D eigenvalue weighted by atomic mass is 10.0. The zero-order valence-electron chi connectivity index (χ0n) is 14.3. The molecular formula is C18H19BrF2N2O2. The van der Waals surface area contributed by atoms with Gasteiger partial charge in [0.05, 0.1) is 5.39 Å². The number of halogens is 3. The zero-order valence-corrected chi connectivity index (χ0v) is 15.9. The fourth-order valence-corrected chi connectivity index (χ4v) is 3.71. The fraction of sp³-hybridized carbons (Fsp3) is 0.444. The first kappa shape index (κ1) is 18.0. The predicted molar refractivity (Wildman–Crippen MR) is 94.6 cm³/mol. The molecule has 1 aromatic carbocycles. The maximum absolute atomic E-state index is 14.2. The molecule has 1 aliphatic rings. The molecule has 25 heavy (non-hydrogen) atoms. The van der Waals surface area contributed by atoms with E-state index in [-0.39, 0.29) is 10.9 Å². The molecule has 3 rings (SSSR count). The van der Waals surface area contributed by atoms with Gasteiger partial charge in [0.1, 0.15) is 22.8 Å². The zero-order chi connectivity index (χ0) is 18.4. The molecule has 0 unspecified atom stereocenters. The third kappa shape index (κ3) is 3.61. The van der Waals surface area contributed by atoms with Crippen molar-refractivity contribution in [3.8, 4) is 0 Å². The van der Waals surface area contributed by atoms with Crippen molar-refractivity contribution in [1.29, 1.82) is 0 Å². The van der Waals surface area contributed by atoms with Crippen LogP contribution in [0.2, 0.25) is 0 Å². The first-order valence-electron chi connectivity index (χ1n) is 8.10. The van der Waals surface area contributed by atoms with Crippen LogP contribution in [-0.2, 0) is 17.6 Å². The molecule has 0 atom stereocenters. The molecule has 0 saturated heterocycles. The van der Waals surface area contributed by atoms with E-state index in [1.807, 2.05) is 20.8 Å². The number of carbonyl (C=O) groups is 1. The smallest absolute Gasteiger partial charge is 0.410 e. The summed E-state index contributed by atoms with van der Waals surface area (Å²) >= 11 is 3.41. The number of rotatable bonds is 0. The molecule has 2 aromatic rings. The summed E-state index contributed by atoms with van der Waals surface area (Å²) < 4.78 is 34.2. The number of hydrogen-bond acceptors (Lipinski definition) is 3. The van der Waals surface area contributed by atoms with E-state index in [9.17, 15) is 13.6 Å². The summed E-state index contributed by atoms with van der Waals surface area (Å²) in [6.07, 6.45) is 0.561. The molecule has 1 amide bonds. The molecule has 0 bridgehead atoms. The van der Waals surface area contributed by atoms with Crippen LogP contribution in [0.15, 0.2) is 16.6 Å². The monoisotopic (exact) mass is 412 g/mol. The van der Waals surface area contributed by atoms with Gasteiger partial charge in [-0.1, -0.05) is 0 Å². The Bertz CT molecular complexity index is 849. The third-order valence-electron chi connectivity index (χ3n) is 4.06. The second kappa shape index (κ2) is 6.52. The first-order chi connectivity index (χ1) is 11.7. The number of pyridine rings is 1. The third-order valence-corrected chi connectivity index (χ3v) is 4.93. The second-order valence-corrected chi connectivity index (χ2v) is 7.86. The van der Waals surface area contributed by atoms with Gasteiger partial charge in [0.15, 0.2) is 0 Å². The molecular weight excluding hydrogens is 394 g/mol. The van der Waals surface area contributed by atoms with Crippen LogP contribution in [0.4, 0.5) is 13.6 Å². The summed E-state index contributed by atoms with van der Waals surface area (Å²) in [7, 11) is 0. The number of nitrogens with zero attached hydrogens (tertiary/aromatic N) is 2. The Balaban J connectivity index is 1.96. The van der Waals surface area contributed by atoms with Gasteiger partial charge in [-0.15, -0.1) is 0 Å². The molecule has 1 aromatic heterocycles. The van der Waals surface area contributed by atoms with Gasteiger partial charge in [0, 0.05) is 29.7 Å². The largest absolute Gasteiger partial charge is 0.444 e. The molecule has 0 spiro atoms. The summed E-state index contributed by atoms with van der Waals surface area (Å²) in [5.74, 6) is -1.08. The van der Waals surface area contributed by atoms with Crippen LogP contribution >= 0.6 is 15.9 Å². The lowest BCUT2D eigenvalue weighted by Gasteiger charge is -2.26. The van der Waals surface area contributed by atoms with Gasteiger partial charge in [-0.3, -0.25) is 0 Å².